The Morgan fingerprint density at radius 2 is 2.18 bits per heavy atom. The van der Waals surface area contributed by atoms with Gasteiger partial charge in [0.1, 0.15) is 6.54 Å². The summed E-state index contributed by atoms with van der Waals surface area (Å²) in [5.74, 6) is -0.729. The molecular formula is C12H22N2O3. The van der Waals surface area contributed by atoms with Crippen LogP contribution in [0.15, 0.2) is 0 Å². The molecule has 17 heavy (non-hydrogen) atoms. The lowest BCUT2D eigenvalue weighted by atomic mass is 9.97. The van der Waals surface area contributed by atoms with Gasteiger partial charge in [-0.05, 0) is 25.3 Å². The molecule has 98 valence electrons. The summed E-state index contributed by atoms with van der Waals surface area (Å²) in [5.41, 5.74) is 0. The molecule has 0 unspecified atom stereocenters. The van der Waals surface area contributed by atoms with Crippen molar-refractivity contribution in [2.45, 2.75) is 26.7 Å². The maximum Gasteiger partial charge on any atom is 0.323 e. The van der Waals surface area contributed by atoms with Crippen molar-refractivity contribution in [1.29, 1.82) is 0 Å². The van der Waals surface area contributed by atoms with Crippen molar-refractivity contribution in [1.82, 2.24) is 10.2 Å². The second kappa shape index (κ2) is 6.59. The first-order chi connectivity index (χ1) is 8.00. The van der Waals surface area contributed by atoms with Crippen molar-refractivity contribution in [2.75, 3.05) is 26.2 Å². The smallest absolute Gasteiger partial charge is 0.323 e. The number of rotatable bonds is 5. The molecule has 1 aliphatic heterocycles. The summed E-state index contributed by atoms with van der Waals surface area (Å²) < 4.78 is 0. The molecule has 5 nitrogen and oxygen atoms in total. The Kier molecular flexibility index (Phi) is 5.41. The van der Waals surface area contributed by atoms with Gasteiger partial charge in [-0.2, -0.15) is 0 Å². The van der Waals surface area contributed by atoms with Crippen LogP contribution in [-0.2, 0) is 9.59 Å². The lowest BCUT2D eigenvalue weighted by molar-refractivity contribution is -0.147. The standard InChI is InChI=1S/C12H22N2O3/c1-9(2)7-14(8-11(15)16)12(17)10-4-3-5-13-6-10/h9-10,13H,3-8H2,1-2H3,(H,15,16)/t10-/m0/s1. The van der Waals surface area contributed by atoms with Gasteiger partial charge in [-0.3, -0.25) is 9.59 Å². The van der Waals surface area contributed by atoms with Gasteiger partial charge in [-0.25, -0.2) is 0 Å². The second-order valence-electron chi connectivity index (χ2n) is 5.05. The maximum absolute atomic E-state index is 12.2. The van der Waals surface area contributed by atoms with Crippen LogP contribution < -0.4 is 5.32 Å². The maximum atomic E-state index is 12.2. The van der Waals surface area contributed by atoms with E-state index in [0.717, 1.165) is 19.4 Å². The van der Waals surface area contributed by atoms with Gasteiger partial charge in [-0.1, -0.05) is 13.8 Å². The van der Waals surface area contributed by atoms with Gasteiger partial charge in [0.2, 0.25) is 5.91 Å². The molecule has 5 heteroatoms. The van der Waals surface area contributed by atoms with Crippen molar-refractivity contribution < 1.29 is 14.7 Å². The Balaban J connectivity index is 2.60. The van der Waals surface area contributed by atoms with E-state index in [-0.39, 0.29) is 24.3 Å². The van der Waals surface area contributed by atoms with E-state index in [1.807, 2.05) is 13.8 Å². The molecule has 0 aliphatic carbocycles. The summed E-state index contributed by atoms with van der Waals surface area (Å²) in [7, 11) is 0. The Morgan fingerprint density at radius 1 is 1.47 bits per heavy atom. The number of carboxylic acids is 1. The van der Waals surface area contributed by atoms with Crippen molar-refractivity contribution >= 4 is 11.9 Å². The summed E-state index contributed by atoms with van der Waals surface area (Å²) in [6.45, 7) is 5.93. The summed E-state index contributed by atoms with van der Waals surface area (Å²) in [5, 5.41) is 12.0. The minimum atomic E-state index is -0.942. The van der Waals surface area contributed by atoms with E-state index in [2.05, 4.69) is 5.32 Å². The first kappa shape index (κ1) is 14.0. The molecule has 0 saturated carbocycles. The Morgan fingerprint density at radius 3 is 2.65 bits per heavy atom. The van der Waals surface area contributed by atoms with Gasteiger partial charge in [0.15, 0.2) is 0 Å². The lowest BCUT2D eigenvalue weighted by Crippen LogP contribution is -2.46. The predicted octanol–water partition coefficient (Wildman–Crippen LogP) is 0.555. The van der Waals surface area contributed by atoms with Crippen molar-refractivity contribution in [3.8, 4) is 0 Å². The number of hydrogen-bond donors (Lipinski definition) is 2. The number of nitrogens with one attached hydrogen (secondary N) is 1. The van der Waals surface area contributed by atoms with Gasteiger partial charge >= 0.3 is 5.97 Å². The number of aliphatic carboxylic acids is 1. The fourth-order valence-corrected chi connectivity index (χ4v) is 2.16. The molecule has 1 atom stereocenters. The van der Waals surface area contributed by atoms with E-state index in [4.69, 9.17) is 5.11 Å². The molecule has 1 aliphatic rings. The van der Waals surface area contributed by atoms with Gasteiger partial charge < -0.3 is 15.3 Å². The van der Waals surface area contributed by atoms with Gasteiger partial charge in [0, 0.05) is 13.1 Å². The molecule has 1 rings (SSSR count). The predicted molar refractivity (Wildman–Crippen MR) is 64.6 cm³/mol. The fourth-order valence-electron chi connectivity index (χ4n) is 2.16. The molecule has 2 N–H and O–H groups in total. The quantitative estimate of drug-likeness (QED) is 0.739. The van der Waals surface area contributed by atoms with Crippen LogP contribution >= 0.6 is 0 Å². The Labute approximate surface area is 102 Å². The van der Waals surface area contributed by atoms with E-state index in [0.29, 0.717) is 13.1 Å². The highest BCUT2D eigenvalue weighted by Gasteiger charge is 2.27. The monoisotopic (exact) mass is 242 g/mol. The van der Waals surface area contributed by atoms with Crippen molar-refractivity contribution in [3.63, 3.8) is 0 Å². The zero-order valence-corrected chi connectivity index (χ0v) is 10.6. The molecule has 0 aromatic heterocycles. The largest absolute Gasteiger partial charge is 0.480 e. The highest BCUT2D eigenvalue weighted by molar-refractivity contribution is 5.83. The third kappa shape index (κ3) is 4.73. The summed E-state index contributed by atoms with van der Waals surface area (Å²) in [6, 6.07) is 0. The zero-order valence-electron chi connectivity index (χ0n) is 10.6. The van der Waals surface area contributed by atoms with E-state index >= 15 is 0 Å². The number of hydrogen-bond acceptors (Lipinski definition) is 3. The molecule has 0 aromatic carbocycles. The first-order valence-electron chi connectivity index (χ1n) is 6.22. The average molecular weight is 242 g/mol. The highest BCUT2D eigenvalue weighted by Crippen LogP contribution is 2.14. The van der Waals surface area contributed by atoms with Gasteiger partial charge in [0.05, 0.1) is 5.92 Å². The van der Waals surface area contributed by atoms with Crippen LogP contribution in [0.1, 0.15) is 26.7 Å². The van der Waals surface area contributed by atoms with Crippen LogP contribution in [0.5, 0.6) is 0 Å². The van der Waals surface area contributed by atoms with Gasteiger partial charge in [-0.15, -0.1) is 0 Å². The average Bonchev–Trinajstić information content (AvgIpc) is 2.27. The molecule has 0 spiro atoms. The normalized spacial score (nSPS) is 20.3. The number of carbonyl (C=O) groups is 2. The van der Waals surface area contributed by atoms with Crippen LogP contribution in [-0.4, -0.2) is 48.1 Å². The van der Waals surface area contributed by atoms with Crippen molar-refractivity contribution in [3.05, 3.63) is 0 Å². The van der Waals surface area contributed by atoms with Crippen LogP contribution in [0.25, 0.3) is 0 Å². The SMILES string of the molecule is CC(C)CN(CC(=O)O)C(=O)[C@H]1CCCNC1. The Hall–Kier alpha value is -1.10. The molecular weight excluding hydrogens is 220 g/mol. The summed E-state index contributed by atoms with van der Waals surface area (Å²) >= 11 is 0. The molecule has 0 aromatic rings. The van der Waals surface area contributed by atoms with Crippen LogP contribution in [0, 0.1) is 11.8 Å². The summed E-state index contributed by atoms with van der Waals surface area (Å²) in [6.07, 6.45) is 1.85. The first-order valence-corrected chi connectivity index (χ1v) is 6.22. The third-order valence-corrected chi connectivity index (χ3v) is 2.87. The number of piperidine rings is 1. The molecule has 0 bridgehead atoms. The number of carbonyl (C=O) groups excluding carboxylic acids is 1. The van der Waals surface area contributed by atoms with Crippen molar-refractivity contribution in [2.24, 2.45) is 11.8 Å². The molecule has 1 amide bonds. The van der Waals surface area contributed by atoms with E-state index in [1.54, 1.807) is 0 Å². The molecule has 0 radical (unpaired) electrons. The summed E-state index contributed by atoms with van der Waals surface area (Å²) in [4.78, 5) is 24.4. The number of nitrogens with zero attached hydrogens (tertiary/aromatic N) is 1. The lowest BCUT2D eigenvalue weighted by Gasteiger charge is -2.29. The fraction of sp³-hybridized carbons (Fsp3) is 0.833. The van der Waals surface area contributed by atoms with Crippen LogP contribution in [0.3, 0.4) is 0 Å². The van der Waals surface area contributed by atoms with E-state index in [9.17, 15) is 9.59 Å². The minimum absolute atomic E-state index is 0.0201. The molecule has 1 saturated heterocycles. The highest BCUT2D eigenvalue weighted by atomic mass is 16.4. The van der Waals surface area contributed by atoms with E-state index < -0.39 is 5.97 Å². The van der Waals surface area contributed by atoms with Crippen LogP contribution in [0.2, 0.25) is 0 Å². The van der Waals surface area contributed by atoms with Gasteiger partial charge in [0.25, 0.3) is 0 Å². The Bertz CT molecular complexity index is 273. The number of carboxylic acid groups (broad SMARTS) is 1. The topological polar surface area (TPSA) is 69.6 Å². The molecule has 1 heterocycles. The van der Waals surface area contributed by atoms with Crippen LogP contribution in [0.4, 0.5) is 0 Å². The zero-order chi connectivity index (χ0) is 12.8. The minimum Gasteiger partial charge on any atom is -0.480 e. The van der Waals surface area contributed by atoms with E-state index in [1.165, 1.54) is 4.90 Å². The number of amides is 1. The molecule has 1 fully saturated rings. The third-order valence-electron chi connectivity index (χ3n) is 2.87. The second-order valence-corrected chi connectivity index (χ2v) is 5.05.